The molecule has 82 valence electrons. The first-order valence-corrected chi connectivity index (χ1v) is 6.65. The summed E-state index contributed by atoms with van der Waals surface area (Å²) >= 11 is 0. The Labute approximate surface area is 97.4 Å². The van der Waals surface area contributed by atoms with E-state index in [-0.39, 0.29) is 0 Å². The third kappa shape index (κ3) is 1.00. The molecular weight excluding hydrogens is 192 g/mol. The highest BCUT2D eigenvalue weighted by Gasteiger charge is 2.49. The maximum atomic E-state index is 2.51. The fourth-order valence-electron chi connectivity index (χ4n) is 4.47. The van der Waals surface area contributed by atoms with Crippen molar-refractivity contribution in [2.75, 3.05) is 0 Å². The van der Waals surface area contributed by atoms with Gasteiger partial charge in [0.05, 0.1) is 0 Å². The molecule has 0 saturated heterocycles. The summed E-state index contributed by atoms with van der Waals surface area (Å²) in [7, 11) is 0. The van der Waals surface area contributed by atoms with E-state index in [0.717, 1.165) is 5.92 Å². The van der Waals surface area contributed by atoms with Crippen LogP contribution in [0.15, 0.2) is 35.9 Å². The molecule has 2 bridgehead atoms. The summed E-state index contributed by atoms with van der Waals surface area (Å²) < 4.78 is 0. The van der Waals surface area contributed by atoms with E-state index < -0.39 is 0 Å². The Morgan fingerprint density at radius 3 is 2.94 bits per heavy atom. The maximum Gasteiger partial charge on any atom is 0.00272 e. The van der Waals surface area contributed by atoms with Crippen molar-refractivity contribution in [1.82, 2.24) is 0 Å². The van der Waals surface area contributed by atoms with Gasteiger partial charge in [0.25, 0.3) is 0 Å². The van der Waals surface area contributed by atoms with Crippen LogP contribution in [0, 0.1) is 5.92 Å². The van der Waals surface area contributed by atoms with E-state index in [1.807, 2.05) is 0 Å². The lowest BCUT2D eigenvalue weighted by Crippen LogP contribution is -2.35. The lowest BCUT2D eigenvalue weighted by atomic mass is 9.63. The lowest BCUT2D eigenvalue weighted by Gasteiger charge is -2.41. The van der Waals surface area contributed by atoms with Crippen LogP contribution in [0.3, 0.4) is 0 Å². The second-order valence-electron chi connectivity index (χ2n) is 5.84. The van der Waals surface area contributed by atoms with Gasteiger partial charge in [-0.05, 0) is 55.6 Å². The summed E-state index contributed by atoms with van der Waals surface area (Å²) in [5.41, 5.74) is 5.65. The van der Waals surface area contributed by atoms with Crippen molar-refractivity contribution in [3.05, 3.63) is 47.0 Å². The standard InChI is InChI=1S/C16H18/c1-2-6-15-13(4-1)5-3-9-16(15)11-12-7-8-14(16)10-12/h1-2,4,6-7,14H,3,5,8-11H2. The molecule has 3 aliphatic carbocycles. The number of hydrogen-bond donors (Lipinski definition) is 0. The summed E-state index contributed by atoms with van der Waals surface area (Å²) in [5.74, 6) is 0.934. The minimum Gasteiger partial charge on any atom is -0.0850 e. The van der Waals surface area contributed by atoms with Gasteiger partial charge in [-0.25, -0.2) is 0 Å². The molecule has 4 rings (SSSR count). The van der Waals surface area contributed by atoms with Crippen molar-refractivity contribution in [2.45, 2.75) is 43.9 Å². The first-order chi connectivity index (χ1) is 7.88. The summed E-state index contributed by atoms with van der Waals surface area (Å²) in [4.78, 5) is 0. The van der Waals surface area contributed by atoms with Gasteiger partial charge in [-0.15, -0.1) is 0 Å². The minimum atomic E-state index is 0.554. The van der Waals surface area contributed by atoms with E-state index in [1.54, 1.807) is 16.7 Å². The van der Waals surface area contributed by atoms with E-state index in [9.17, 15) is 0 Å². The van der Waals surface area contributed by atoms with Gasteiger partial charge in [-0.3, -0.25) is 0 Å². The highest BCUT2D eigenvalue weighted by atomic mass is 14.5. The molecular formula is C16H18. The summed E-state index contributed by atoms with van der Waals surface area (Å²) in [6, 6.07) is 9.23. The normalized spacial score (nSPS) is 35.2. The SMILES string of the molecule is C1=C2CC(C1)C1(CCCc3ccccc31)C2. The molecule has 2 unspecified atom stereocenters. The fourth-order valence-corrected chi connectivity index (χ4v) is 4.47. The maximum absolute atomic E-state index is 2.51. The first-order valence-electron chi connectivity index (χ1n) is 6.65. The Hall–Kier alpha value is -1.04. The minimum absolute atomic E-state index is 0.554. The molecule has 16 heavy (non-hydrogen) atoms. The Kier molecular flexibility index (Phi) is 1.69. The molecule has 0 radical (unpaired) electrons. The number of benzene rings is 1. The molecule has 0 N–H and O–H groups in total. The van der Waals surface area contributed by atoms with E-state index in [0.29, 0.717) is 5.41 Å². The van der Waals surface area contributed by atoms with Crippen LogP contribution in [0.25, 0.3) is 0 Å². The average molecular weight is 210 g/mol. The third-order valence-electron chi connectivity index (χ3n) is 5.15. The Bertz CT molecular complexity index is 469. The highest BCUT2D eigenvalue weighted by molar-refractivity contribution is 5.43. The van der Waals surface area contributed by atoms with Crippen LogP contribution in [-0.4, -0.2) is 0 Å². The van der Waals surface area contributed by atoms with Crippen molar-refractivity contribution in [2.24, 2.45) is 5.92 Å². The Morgan fingerprint density at radius 1 is 1.19 bits per heavy atom. The zero-order chi connectivity index (χ0) is 10.6. The Morgan fingerprint density at radius 2 is 2.12 bits per heavy atom. The van der Waals surface area contributed by atoms with Crippen molar-refractivity contribution in [1.29, 1.82) is 0 Å². The molecule has 1 aromatic carbocycles. The number of allylic oxidation sites excluding steroid dienone is 2. The molecule has 2 atom stereocenters. The largest absolute Gasteiger partial charge is 0.0850 e. The predicted molar refractivity (Wildman–Crippen MR) is 66.5 cm³/mol. The molecule has 0 heterocycles. The van der Waals surface area contributed by atoms with Crippen LogP contribution < -0.4 is 0 Å². The third-order valence-corrected chi connectivity index (χ3v) is 5.15. The van der Waals surface area contributed by atoms with Gasteiger partial charge in [0, 0.05) is 5.41 Å². The molecule has 1 aromatic rings. The van der Waals surface area contributed by atoms with E-state index in [1.165, 1.54) is 38.5 Å². The average Bonchev–Trinajstić information content (AvgIpc) is 2.90. The van der Waals surface area contributed by atoms with Gasteiger partial charge in [0.15, 0.2) is 0 Å². The number of hydrogen-bond acceptors (Lipinski definition) is 0. The Balaban J connectivity index is 1.90. The highest BCUT2D eigenvalue weighted by Crippen LogP contribution is 2.58. The summed E-state index contributed by atoms with van der Waals surface area (Å²) in [6.07, 6.45) is 10.8. The van der Waals surface area contributed by atoms with Crippen LogP contribution in [-0.2, 0) is 11.8 Å². The second-order valence-corrected chi connectivity index (χ2v) is 5.84. The molecule has 0 aromatic heterocycles. The van der Waals surface area contributed by atoms with Crippen LogP contribution in [0.5, 0.6) is 0 Å². The monoisotopic (exact) mass is 210 g/mol. The number of fused-ring (bicyclic) bond motifs is 5. The van der Waals surface area contributed by atoms with Crippen LogP contribution in [0.2, 0.25) is 0 Å². The van der Waals surface area contributed by atoms with Gasteiger partial charge in [-0.1, -0.05) is 35.9 Å². The molecule has 0 amide bonds. The summed E-state index contributed by atoms with van der Waals surface area (Å²) in [6.45, 7) is 0. The molecule has 0 heteroatoms. The van der Waals surface area contributed by atoms with E-state index in [2.05, 4.69) is 30.3 Å². The first kappa shape index (κ1) is 9.04. The van der Waals surface area contributed by atoms with Crippen LogP contribution >= 0.6 is 0 Å². The van der Waals surface area contributed by atoms with Gasteiger partial charge < -0.3 is 0 Å². The van der Waals surface area contributed by atoms with Gasteiger partial charge in [-0.2, -0.15) is 0 Å². The fraction of sp³-hybridized carbons (Fsp3) is 0.500. The van der Waals surface area contributed by atoms with Crippen LogP contribution in [0.4, 0.5) is 0 Å². The van der Waals surface area contributed by atoms with Crippen LogP contribution in [0.1, 0.15) is 43.2 Å². The zero-order valence-electron chi connectivity index (χ0n) is 9.71. The molecule has 0 nitrogen and oxygen atoms in total. The van der Waals surface area contributed by atoms with E-state index in [4.69, 9.17) is 0 Å². The predicted octanol–water partition coefficient (Wildman–Crippen LogP) is 4.00. The molecule has 0 aliphatic heterocycles. The van der Waals surface area contributed by atoms with Crippen molar-refractivity contribution >= 4 is 0 Å². The summed E-state index contributed by atoms with van der Waals surface area (Å²) in [5, 5.41) is 0. The molecule has 3 aliphatic rings. The van der Waals surface area contributed by atoms with Gasteiger partial charge >= 0.3 is 0 Å². The molecule has 1 spiro atoms. The number of aryl methyl sites for hydroxylation is 1. The van der Waals surface area contributed by atoms with E-state index >= 15 is 0 Å². The quantitative estimate of drug-likeness (QED) is 0.568. The van der Waals surface area contributed by atoms with Crippen molar-refractivity contribution < 1.29 is 0 Å². The van der Waals surface area contributed by atoms with Gasteiger partial charge in [0.2, 0.25) is 0 Å². The second kappa shape index (κ2) is 3.00. The lowest BCUT2D eigenvalue weighted by molar-refractivity contribution is 0.270. The zero-order valence-corrected chi connectivity index (χ0v) is 9.71. The molecule has 1 fully saturated rings. The van der Waals surface area contributed by atoms with Gasteiger partial charge in [0.1, 0.15) is 0 Å². The van der Waals surface area contributed by atoms with Crippen molar-refractivity contribution in [3.8, 4) is 0 Å². The number of rotatable bonds is 0. The molecule has 1 saturated carbocycles. The van der Waals surface area contributed by atoms with Crippen molar-refractivity contribution in [3.63, 3.8) is 0 Å². The smallest absolute Gasteiger partial charge is 0.00272 e. The topological polar surface area (TPSA) is 0 Å².